The van der Waals surface area contributed by atoms with E-state index in [-0.39, 0.29) is 5.92 Å². The highest BCUT2D eigenvalue weighted by Gasteiger charge is 2.28. The topological polar surface area (TPSA) is 44.8 Å². The Labute approximate surface area is 106 Å². The van der Waals surface area contributed by atoms with Crippen LogP contribution in [0, 0.1) is 5.92 Å². The minimum Gasteiger partial charge on any atom is -0.493 e. The Hall–Kier alpha value is -1.97. The van der Waals surface area contributed by atoms with Crippen LogP contribution in [-0.2, 0) is 4.79 Å². The van der Waals surface area contributed by atoms with Gasteiger partial charge in [-0.05, 0) is 24.1 Å². The van der Waals surface area contributed by atoms with E-state index in [2.05, 4.69) is 0 Å². The van der Waals surface area contributed by atoms with Crippen molar-refractivity contribution in [2.45, 2.75) is 6.42 Å². The summed E-state index contributed by atoms with van der Waals surface area (Å²) in [5.41, 5.74) is 2.09. The van der Waals surface area contributed by atoms with E-state index < -0.39 is 0 Å². The first kappa shape index (κ1) is 12.5. The third kappa shape index (κ3) is 2.32. The zero-order chi connectivity index (χ0) is 13.1. The first-order chi connectivity index (χ1) is 8.73. The lowest BCUT2D eigenvalue weighted by molar-refractivity contribution is -0.108. The molecular formula is C14H16O4. The van der Waals surface area contributed by atoms with Gasteiger partial charge in [-0.2, -0.15) is 0 Å². The summed E-state index contributed by atoms with van der Waals surface area (Å²) in [4.78, 5) is 10.6. The molecule has 0 spiro atoms. The van der Waals surface area contributed by atoms with Crippen LogP contribution in [0.15, 0.2) is 17.7 Å². The van der Waals surface area contributed by atoms with Crippen molar-refractivity contribution in [2.75, 3.05) is 21.3 Å². The number of rotatable bonds is 5. The van der Waals surface area contributed by atoms with Crippen molar-refractivity contribution in [3.63, 3.8) is 0 Å². The van der Waals surface area contributed by atoms with E-state index in [9.17, 15) is 4.79 Å². The fraction of sp³-hybridized carbons (Fsp3) is 0.357. The van der Waals surface area contributed by atoms with Gasteiger partial charge in [0.25, 0.3) is 0 Å². The van der Waals surface area contributed by atoms with Crippen LogP contribution in [0.3, 0.4) is 0 Å². The van der Waals surface area contributed by atoms with Gasteiger partial charge in [-0.25, -0.2) is 0 Å². The van der Waals surface area contributed by atoms with E-state index in [1.807, 2.05) is 18.2 Å². The Bertz CT molecular complexity index is 466. The van der Waals surface area contributed by atoms with Crippen molar-refractivity contribution in [1.82, 2.24) is 0 Å². The molecule has 1 aliphatic carbocycles. The largest absolute Gasteiger partial charge is 0.493 e. The molecular weight excluding hydrogens is 232 g/mol. The second kappa shape index (κ2) is 5.12. The lowest BCUT2D eigenvalue weighted by atomic mass is 10.1. The van der Waals surface area contributed by atoms with Crippen molar-refractivity contribution in [3.8, 4) is 17.2 Å². The van der Waals surface area contributed by atoms with Crippen molar-refractivity contribution in [3.05, 3.63) is 23.3 Å². The van der Waals surface area contributed by atoms with E-state index in [0.717, 1.165) is 23.8 Å². The van der Waals surface area contributed by atoms with Crippen molar-refractivity contribution < 1.29 is 19.0 Å². The fourth-order valence-corrected chi connectivity index (χ4v) is 1.90. The van der Waals surface area contributed by atoms with Crippen LogP contribution in [0.2, 0.25) is 0 Å². The standard InChI is InChI=1S/C14H16O4/c1-16-12-5-9(4-10-7-11(10)8-15)6-13(17-2)14(12)18-3/h4-6,8,11H,7H2,1-3H3/b10-4-. The lowest BCUT2D eigenvalue weighted by Crippen LogP contribution is -1.95. The highest BCUT2D eigenvalue weighted by molar-refractivity contribution is 5.74. The first-order valence-corrected chi connectivity index (χ1v) is 5.69. The van der Waals surface area contributed by atoms with E-state index in [1.165, 1.54) is 0 Å². The van der Waals surface area contributed by atoms with Crippen LogP contribution >= 0.6 is 0 Å². The fourth-order valence-electron chi connectivity index (χ4n) is 1.90. The normalized spacial score (nSPS) is 19.5. The van der Waals surface area contributed by atoms with Gasteiger partial charge in [0.15, 0.2) is 11.5 Å². The summed E-state index contributed by atoms with van der Waals surface area (Å²) in [5.74, 6) is 1.90. The van der Waals surface area contributed by atoms with E-state index >= 15 is 0 Å². The van der Waals surface area contributed by atoms with Gasteiger partial charge in [0.1, 0.15) is 6.29 Å². The number of hydrogen-bond donors (Lipinski definition) is 0. The highest BCUT2D eigenvalue weighted by Crippen LogP contribution is 2.41. The van der Waals surface area contributed by atoms with Crippen LogP contribution in [0.5, 0.6) is 17.2 Å². The van der Waals surface area contributed by atoms with Gasteiger partial charge in [0, 0.05) is 5.92 Å². The zero-order valence-electron chi connectivity index (χ0n) is 10.7. The molecule has 0 saturated heterocycles. The number of ether oxygens (including phenoxy) is 3. The minimum atomic E-state index is 0.0871. The molecule has 1 aromatic rings. The number of allylic oxidation sites excluding steroid dienone is 1. The van der Waals surface area contributed by atoms with Crippen LogP contribution < -0.4 is 14.2 Å². The molecule has 1 unspecified atom stereocenters. The molecule has 18 heavy (non-hydrogen) atoms. The molecule has 0 aliphatic heterocycles. The molecule has 1 aliphatic rings. The third-order valence-electron chi connectivity index (χ3n) is 2.98. The Kier molecular flexibility index (Phi) is 3.55. The van der Waals surface area contributed by atoms with Crippen molar-refractivity contribution in [2.24, 2.45) is 5.92 Å². The minimum absolute atomic E-state index is 0.0871. The van der Waals surface area contributed by atoms with Crippen LogP contribution in [-0.4, -0.2) is 27.6 Å². The van der Waals surface area contributed by atoms with Crippen molar-refractivity contribution >= 4 is 12.4 Å². The highest BCUT2D eigenvalue weighted by atomic mass is 16.5. The second-order valence-corrected chi connectivity index (χ2v) is 4.12. The van der Waals surface area contributed by atoms with Gasteiger partial charge in [-0.15, -0.1) is 0 Å². The molecule has 0 heterocycles. The Balaban J connectivity index is 2.38. The quantitative estimate of drug-likeness (QED) is 0.750. The molecule has 1 aromatic carbocycles. The molecule has 4 nitrogen and oxygen atoms in total. The molecule has 0 bridgehead atoms. The molecule has 1 saturated carbocycles. The van der Waals surface area contributed by atoms with Gasteiger partial charge >= 0.3 is 0 Å². The van der Waals surface area contributed by atoms with Crippen LogP contribution in [0.4, 0.5) is 0 Å². The number of carbonyl (C=O) groups excluding carboxylic acids is 1. The monoisotopic (exact) mass is 248 g/mol. The number of aldehydes is 1. The molecule has 2 rings (SSSR count). The molecule has 0 amide bonds. The molecule has 0 N–H and O–H groups in total. The summed E-state index contributed by atoms with van der Waals surface area (Å²) in [6, 6.07) is 3.74. The SMILES string of the molecule is COc1cc(/C=C2/CC2C=O)cc(OC)c1OC. The Morgan fingerprint density at radius 3 is 2.11 bits per heavy atom. The maximum Gasteiger partial charge on any atom is 0.203 e. The van der Waals surface area contributed by atoms with Crippen LogP contribution in [0.1, 0.15) is 12.0 Å². The zero-order valence-corrected chi connectivity index (χ0v) is 10.7. The van der Waals surface area contributed by atoms with Gasteiger partial charge in [-0.1, -0.05) is 11.6 Å². The predicted octanol–water partition coefficient (Wildman–Crippen LogP) is 2.31. The van der Waals surface area contributed by atoms with Gasteiger partial charge in [0.05, 0.1) is 21.3 Å². The van der Waals surface area contributed by atoms with E-state index in [4.69, 9.17) is 14.2 Å². The van der Waals surface area contributed by atoms with E-state index in [1.54, 1.807) is 21.3 Å². The maximum atomic E-state index is 10.6. The average molecular weight is 248 g/mol. The Morgan fingerprint density at radius 2 is 1.72 bits per heavy atom. The first-order valence-electron chi connectivity index (χ1n) is 5.69. The lowest BCUT2D eigenvalue weighted by Gasteiger charge is -2.12. The number of methoxy groups -OCH3 is 3. The van der Waals surface area contributed by atoms with Crippen molar-refractivity contribution in [1.29, 1.82) is 0 Å². The van der Waals surface area contributed by atoms with Gasteiger partial charge < -0.3 is 19.0 Å². The number of carbonyl (C=O) groups is 1. The summed E-state index contributed by atoms with van der Waals surface area (Å²) in [6.07, 6.45) is 3.81. The van der Waals surface area contributed by atoms with E-state index in [0.29, 0.717) is 17.2 Å². The second-order valence-electron chi connectivity index (χ2n) is 4.12. The molecule has 4 heteroatoms. The molecule has 1 atom stereocenters. The Morgan fingerprint density at radius 1 is 1.11 bits per heavy atom. The third-order valence-corrected chi connectivity index (χ3v) is 2.98. The summed E-state index contributed by atoms with van der Waals surface area (Å²) in [6.45, 7) is 0. The number of benzene rings is 1. The molecule has 0 radical (unpaired) electrons. The predicted molar refractivity (Wildman–Crippen MR) is 68.2 cm³/mol. The number of hydrogen-bond acceptors (Lipinski definition) is 4. The van der Waals surface area contributed by atoms with Gasteiger partial charge in [0.2, 0.25) is 5.75 Å². The average Bonchev–Trinajstić information content (AvgIpc) is 3.15. The summed E-state index contributed by atoms with van der Waals surface area (Å²) < 4.78 is 15.8. The smallest absolute Gasteiger partial charge is 0.203 e. The molecule has 0 aromatic heterocycles. The summed E-state index contributed by atoms with van der Waals surface area (Å²) >= 11 is 0. The van der Waals surface area contributed by atoms with Gasteiger partial charge in [-0.3, -0.25) is 0 Å². The molecule has 96 valence electrons. The summed E-state index contributed by atoms with van der Waals surface area (Å²) in [7, 11) is 4.74. The maximum absolute atomic E-state index is 10.6. The summed E-state index contributed by atoms with van der Waals surface area (Å²) in [5, 5.41) is 0. The molecule has 1 fully saturated rings. The van der Waals surface area contributed by atoms with Crippen LogP contribution in [0.25, 0.3) is 6.08 Å².